The summed E-state index contributed by atoms with van der Waals surface area (Å²) in [6.45, 7) is 4.74. The van der Waals surface area contributed by atoms with Crippen molar-refractivity contribution >= 4 is 5.91 Å². The van der Waals surface area contributed by atoms with Gasteiger partial charge in [0, 0.05) is 12.6 Å². The van der Waals surface area contributed by atoms with Crippen LogP contribution in [0.15, 0.2) is 18.2 Å². The molecule has 0 aliphatic rings. The highest BCUT2D eigenvalue weighted by Crippen LogP contribution is 2.29. The van der Waals surface area contributed by atoms with Crippen LogP contribution in [0.4, 0.5) is 0 Å². The molecule has 1 rings (SSSR count). The topological polar surface area (TPSA) is 73.6 Å². The van der Waals surface area contributed by atoms with Gasteiger partial charge in [0.1, 0.15) is 0 Å². The summed E-state index contributed by atoms with van der Waals surface area (Å²) in [7, 11) is 1.58. The standard InChI is InChI=1S/C14H22N2O3/c1-4-16-14(17)7-8-19-12-6-5-11(10(2)15)9-13(12)18-3/h5-6,9-10H,4,7-8,15H2,1-3H3,(H,16,17)/t10-/m1/s1. The lowest BCUT2D eigenvalue weighted by atomic mass is 10.1. The monoisotopic (exact) mass is 266 g/mol. The summed E-state index contributed by atoms with van der Waals surface area (Å²) < 4.78 is 10.8. The van der Waals surface area contributed by atoms with E-state index in [2.05, 4.69) is 5.32 Å². The first-order valence-electron chi connectivity index (χ1n) is 6.41. The van der Waals surface area contributed by atoms with Crippen molar-refractivity contribution < 1.29 is 14.3 Å². The van der Waals surface area contributed by atoms with E-state index in [-0.39, 0.29) is 11.9 Å². The fraction of sp³-hybridized carbons (Fsp3) is 0.500. The number of nitrogens with one attached hydrogen (secondary N) is 1. The van der Waals surface area contributed by atoms with E-state index < -0.39 is 0 Å². The van der Waals surface area contributed by atoms with E-state index in [1.807, 2.05) is 32.0 Å². The molecule has 106 valence electrons. The minimum Gasteiger partial charge on any atom is -0.493 e. The second-order valence-electron chi connectivity index (χ2n) is 4.25. The summed E-state index contributed by atoms with van der Waals surface area (Å²) in [5.74, 6) is 1.23. The minimum absolute atomic E-state index is 0.0198. The zero-order valence-corrected chi connectivity index (χ0v) is 11.7. The van der Waals surface area contributed by atoms with Gasteiger partial charge in [-0.25, -0.2) is 0 Å². The number of amides is 1. The maximum Gasteiger partial charge on any atom is 0.223 e. The van der Waals surface area contributed by atoms with Crippen LogP contribution in [0, 0.1) is 0 Å². The van der Waals surface area contributed by atoms with Gasteiger partial charge in [0.25, 0.3) is 0 Å². The second kappa shape index (κ2) is 7.63. The number of hydrogen-bond donors (Lipinski definition) is 2. The average Bonchev–Trinajstić information content (AvgIpc) is 2.39. The highest BCUT2D eigenvalue weighted by atomic mass is 16.5. The van der Waals surface area contributed by atoms with Crippen LogP contribution >= 0.6 is 0 Å². The third kappa shape index (κ3) is 4.79. The molecular weight excluding hydrogens is 244 g/mol. The molecule has 0 bridgehead atoms. The van der Waals surface area contributed by atoms with Gasteiger partial charge in [0.2, 0.25) is 5.91 Å². The summed E-state index contributed by atoms with van der Waals surface area (Å²) in [4.78, 5) is 11.3. The van der Waals surface area contributed by atoms with Gasteiger partial charge in [-0.05, 0) is 31.5 Å². The van der Waals surface area contributed by atoms with Crippen molar-refractivity contribution in [3.8, 4) is 11.5 Å². The van der Waals surface area contributed by atoms with Crippen molar-refractivity contribution in [2.75, 3.05) is 20.3 Å². The average molecular weight is 266 g/mol. The lowest BCUT2D eigenvalue weighted by Crippen LogP contribution is -2.24. The lowest BCUT2D eigenvalue weighted by molar-refractivity contribution is -0.121. The van der Waals surface area contributed by atoms with Crippen LogP contribution in [0.3, 0.4) is 0 Å². The Hall–Kier alpha value is -1.75. The van der Waals surface area contributed by atoms with Gasteiger partial charge < -0.3 is 20.5 Å². The number of ether oxygens (including phenoxy) is 2. The molecule has 3 N–H and O–H groups in total. The quantitative estimate of drug-likeness (QED) is 0.786. The van der Waals surface area contributed by atoms with E-state index in [0.29, 0.717) is 31.1 Å². The largest absolute Gasteiger partial charge is 0.493 e. The molecule has 0 aromatic heterocycles. The highest BCUT2D eigenvalue weighted by molar-refractivity contribution is 5.75. The van der Waals surface area contributed by atoms with Crippen LogP contribution in [0.1, 0.15) is 31.9 Å². The summed E-state index contributed by atoms with van der Waals surface area (Å²) in [5, 5.41) is 2.72. The molecule has 0 spiro atoms. The Bertz CT molecular complexity index is 419. The van der Waals surface area contributed by atoms with E-state index >= 15 is 0 Å². The van der Waals surface area contributed by atoms with Crippen molar-refractivity contribution in [2.24, 2.45) is 5.73 Å². The number of carbonyl (C=O) groups is 1. The smallest absolute Gasteiger partial charge is 0.223 e. The zero-order valence-electron chi connectivity index (χ0n) is 11.7. The number of hydrogen-bond acceptors (Lipinski definition) is 4. The van der Waals surface area contributed by atoms with Crippen LogP contribution in [-0.4, -0.2) is 26.2 Å². The van der Waals surface area contributed by atoms with Crippen molar-refractivity contribution in [1.29, 1.82) is 0 Å². The first kappa shape index (κ1) is 15.3. The van der Waals surface area contributed by atoms with Gasteiger partial charge in [-0.2, -0.15) is 0 Å². The summed E-state index contributed by atoms with van der Waals surface area (Å²) in [6.07, 6.45) is 0.325. The molecule has 0 saturated heterocycles. The molecule has 0 aliphatic carbocycles. The van der Waals surface area contributed by atoms with Crippen molar-refractivity contribution in [1.82, 2.24) is 5.32 Å². The molecule has 0 radical (unpaired) electrons. The van der Waals surface area contributed by atoms with Gasteiger partial charge in [-0.3, -0.25) is 4.79 Å². The van der Waals surface area contributed by atoms with Crippen LogP contribution < -0.4 is 20.5 Å². The third-order valence-corrected chi connectivity index (χ3v) is 2.67. The Labute approximate surface area is 114 Å². The van der Waals surface area contributed by atoms with E-state index in [1.54, 1.807) is 7.11 Å². The molecule has 1 aromatic carbocycles. The van der Waals surface area contributed by atoms with Crippen molar-refractivity contribution in [2.45, 2.75) is 26.3 Å². The van der Waals surface area contributed by atoms with E-state index in [0.717, 1.165) is 5.56 Å². The first-order chi connectivity index (χ1) is 9.08. The molecule has 0 unspecified atom stereocenters. The molecular formula is C14H22N2O3. The lowest BCUT2D eigenvalue weighted by Gasteiger charge is -2.13. The van der Waals surface area contributed by atoms with E-state index in [9.17, 15) is 4.79 Å². The fourth-order valence-electron chi connectivity index (χ4n) is 1.63. The number of benzene rings is 1. The molecule has 0 saturated carbocycles. The van der Waals surface area contributed by atoms with E-state index in [4.69, 9.17) is 15.2 Å². The SMILES string of the molecule is CCNC(=O)CCOc1ccc([C@@H](C)N)cc1OC. The maximum absolute atomic E-state index is 11.3. The molecule has 0 fully saturated rings. The molecule has 0 aliphatic heterocycles. The number of methoxy groups -OCH3 is 1. The minimum atomic E-state index is -0.0571. The Kier molecular flexibility index (Phi) is 6.15. The predicted molar refractivity (Wildman–Crippen MR) is 74.4 cm³/mol. The summed E-state index contributed by atoms with van der Waals surface area (Å²) in [5.41, 5.74) is 6.79. The van der Waals surface area contributed by atoms with E-state index in [1.165, 1.54) is 0 Å². The summed E-state index contributed by atoms with van der Waals surface area (Å²) >= 11 is 0. The molecule has 5 nitrogen and oxygen atoms in total. The van der Waals surface area contributed by atoms with Crippen LogP contribution in [0.25, 0.3) is 0 Å². The molecule has 1 amide bonds. The van der Waals surface area contributed by atoms with Gasteiger partial charge in [0.05, 0.1) is 20.1 Å². The number of rotatable bonds is 7. The second-order valence-corrected chi connectivity index (χ2v) is 4.25. The van der Waals surface area contributed by atoms with Crippen LogP contribution in [0.2, 0.25) is 0 Å². The predicted octanol–water partition coefficient (Wildman–Crippen LogP) is 1.62. The van der Waals surface area contributed by atoms with Gasteiger partial charge in [-0.15, -0.1) is 0 Å². The Morgan fingerprint density at radius 1 is 1.42 bits per heavy atom. The normalized spacial score (nSPS) is 11.8. The Balaban J connectivity index is 2.60. The van der Waals surface area contributed by atoms with Crippen LogP contribution in [0.5, 0.6) is 11.5 Å². The van der Waals surface area contributed by atoms with Gasteiger partial charge in [0.15, 0.2) is 11.5 Å². The molecule has 1 aromatic rings. The highest BCUT2D eigenvalue weighted by Gasteiger charge is 2.08. The fourth-order valence-corrected chi connectivity index (χ4v) is 1.63. The van der Waals surface area contributed by atoms with Crippen molar-refractivity contribution in [3.05, 3.63) is 23.8 Å². The van der Waals surface area contributed by atoms with Crippen molar-refractivity contribution in [3.63, 3.8) is 0 Å². The maximum atomic E-state index is 11.3. The van der Waals surface area contributed by atoms with Gasteiger partial charge in [-0.1, -0.05) is 6.07 Å². The third-order valence-electron chi connectivity index (χ3n) is 2.67. The molecule has 5 heteroatoms. The Morgan fingerprint density at radius 2 is 2.16 bits per heavy atom. The molecule has 19 heavy (non-hydrogen) atoms. The number of carbonyl (C=O) groups excluding carboxylic acids is 1. The van der Waals surface area contributed by atoms with Gasteiger partial charge >= 0.3 is 0 Å². The summed E-state index contributed by atoms with van der Waals surface area (Å²) in [6, 6.07) is 5.51. The molecule has 0 heterocycles. The Morgan fingerprint density at radius 3 is 2.74 bits per heavy atom. The first-order valence-corrected chi connectivity index (χ1v) is 6.41. The van der Waals surface area contributed by atoms with Crippen LogP contribution in [-0.2, 0) is 4.79 Å². The zero-order chi connectivity index (χ0) is 14.3. The number of nitrogens with two attached hydrogens (primary N) is 1. The molecule has 1 atom stereocenters.